The number of urea groups is 1. The number of carbonyl (C=O) groups is 2. The van der Waals surface area contributed by atoms with Crippen molar-refractivity contribution in [3.63, 3.8) is 0 Å². The van der Waals surface area contributed by atoms with Crippen LogP contribution in [0.25, 0.3) is 0 Å². The van der Waals surface area contributed by atoms with Gasteiger partial charge in [-0.05, 0) is 18.9 Å². The van der Waals surface area contributed by atoms with E-state index in [1.165, 1.54) is 0 Å². The van der Waals surface area contributed by atoms with Crippen molar-refractivity contribution in [3.05, 3.63) is 35.4 Å². The maximum absolute atomic E-state index is 11.5. The smallest absolute Gasteiger partial charge is 0.326 e. The SMILES string of the molecule is CC[C@H](NC(=O)NCc1cccc(C)c1)C(=O)O. The molecule has 5 heteroatoms. The fourth-order valence-corrected chi connectivity index (χ4v) is 1.55. The Morgan fingerprint density at radius 1 is 1.39 bits per heavy atom. The molecule has 0 fully saturated rings. The number of rotatable bonds is 5. The van der Waals surface area contributed by atoms with Gasteiger partial charge in [0.1, 0.15) is 6.04 Å². The molecular formula is C13H18N2O3. The van der Waals surface area contributed by atoms with Gasteiger partial charge < -0.3 is 15.7 Å². The van der Waals surface area contributed by atoms with Crippen LogP contribution in [0.1, 0.15) is 24.5 Å². The number of carbonyl (C=O) groups excluding carboxylic acids is 1. The van der Waals surface area contributed by atoms with Gasteiger partial charge in [0, 0.05) is 6.54 Å². The zero-order valence-corrected chi connectivity index (χ0v) is 10.6. The number of carboxylic acid groups (broad SMARTS) is 1. The summed E-state index contributed by atoms with van der Waals surface area (Å²) in [7, 11) is 0. The van der Waals surface area contributed by atoms with Crippen molar-refractivity contribution < 1.29 is 14.7 Å². The van der Waals surface area contributed by atoms with Crippen LogP contribution in [0.4, 0.5) is 4.79 Å². The molecule has 0 aliphatic heterocycles. The third kappa shape index (κ3) is 4.45. The normalized spacial score (nSPS) is 11.7. The third-order valence-electron chi connectivity index (χ3n) is 2.55. The molecule has 18 heavy (non-hydrogen) atoms. The van der Waals surface area contributed by atoms with Crippen LogP contribution in [0.3, 0.4) is 0 Å². The van der Waals surface area contributed by atoms with Crippen LogP contribution in [0.5, 0.6) is 0 Å². The first kappa shape index (κ1) is 14.0. The Morgan fingerprint density at radius 3 is 2.67 bits per heavy atom. The minimum absolute atomic E-state index is 0.354. The average molecular weight is 250 g/mol. The molecule has 0 spiro atoms. The maximum atomic E-state index is 11.5. The van der Waals surface area contributed by atoms with Crippen LogP contribution < -0.4 is 10.6 Å². The average Bonchev–Trinajstić information content (AvgIpc) is 2.33. The standard InChI is InChI=1S/C13H18N2O3/c1-3-11(12(16)17)15-13(18)14-8-10-6-4-5-9(2)7-10/h4-7,11H,3,8H2,1-2H3,(H,16,17)(H2,14,15,18)/t11-/m0/s1. The summed E-state index contributed by atoms with van der Waals surface area (Å²) in [6, 6.07) is 6.45. The summed E-state index contributed by atoms with van der Waals surface area (Å²) in [5, 5.41) is 13.8. The van der Waals surface area contributed by atoms with Crippen molar-refractivity contribution >= 4 is 12.0 Å². The zero-order chi connectivity index (χ0) is 13.5. The van der Waals surface area contributed by atoms with Crippen molar-refractivity contribution in [1.29, 1.82) is 0 Å². The van der Waals surface area contributed by atoms with Crippen molar-refractivity contribution in [1.82, 2.24) is 10.6 Å². The van der Waals surface area contributed by atoms with E-state index in [1.54, 1.807) is 6.92 Å². The molecule has 0 aliphatic carbocycles. The molecule has 0 unspecified atom stereocenters. The molecule has 98 valence electrons. The Balaban J connectivity index is 2.44. The molecule has 3 N–H and O–H groups in total. The molecule has 0 saturated carbocycles. The molecule has 5 nitrogen and oxygen atoms in total. The topological polar surface area (TPSA) is 78.4 Å². The van der Waals surface area contributed by atoms with Gasteiger partial charge in [0.2, 0.25) is 0 Å². The second-order valence-corrected chi connectivity index (χ2v) is 4.12. The predicted octanol–water partition coefficient (Wildman–Crippen LogP) is 1.66. The molecule has 1 rings (SSSR count). The van der Waals surface area contributed by atoms with Crippen molar-refractivity contribution in [2.75, 3.05) is 0 Å². The number of hydrogen-bond donors (Lipinski definition) is 3. The molecule has 0 aliphatic rings. The van der Waals surface area contributed by atoms with Crippen molar-refractivity contribution in [2.45, 2.75) is 32.9 Å². The summed E-state index contributed by atoms with van der Waals surface area (Å²) < 4.78 is 0. The van der Waals surface area contributed by atoms with Crippen LogP contribution in [0.15, 0.2) is 24.3 Å². The first-order valence-electron chi connectivity index (χ1n) is 5.85. The minimum Gasteiger partial charge on any atom is -0.480 e. The highest BCUT2D eigenvalue weighted by Gasteiger charge is 2.16. The maximum Gasteiger partial charge on any atom is 0.326 e. The second-order valence-electron chi connectivity index (χ2n) is 4.12. The lowest BCUT2D eigenvalue weighted by molar-refractivity contribution is -0.139. The summed E-state index contributed by atoms with van der Waals surface area (Å²) in [6.45, 7) is 4.06. The van der Waals surface area contributed by atoms with E-state index in [2.05, 4.69) is 10.6 Å². The summed E-state index contributed by atoms with van der Waals surface area (Å²) in [5.41, 5.74) is 2.10. The summed E-state index contributed by atoms with van der Waals surface area (Å²) >= 11 is 0. The molecule has 0 radical (unpaired) electrons. The monoisotopic (exact) mass is 250 g/mol. The lowest BCUT2D eigenvalue weighted by Crippen LogP contribution is -2.45. The Bertz CT molecular complexity index is 432. The van der Waals surface area contributed by atoms with Gasteiger partial charge in [-0.2, -0.15) is 0 Å². The van der Waals surface area contributed by atoms with Gasteiger partial charge in [-0.25, -0.2) is 9.59 Å². The van der Waals surface area contributed by atoms with E-state index in [0.717, 1.165) is 11.1 Å². The molecule has 0 aromatic heterocycles. The van der Waals surface area contributed by atoms with Crippen molar-refractivity contribution in [3.8, 4) is 0 Å². The Labute approximate surface area is 106 Å². The van der Waals surface area contributed by atoms with Gasteiger partial charge >= 0.3 is 12.0 Å². The Morgan fingerprint density at radius 2 is 2.11 bits per heavy atom. The summed E-state index contributed by atoms with van der Waals surface area (Å²) in [5.74, 6) is -1.02. The number of amides is 2. The highest BCUT2D eigenvalue weighted by molar-refractivity contribution is 5.82. The molecule has 1 aromatic rings. The number of carboxylic acids is 1. The quantitative estimate of drug-likeness (QED) is 0.743. The van der Waals surface area contributed by atoms with Crippen LogP contribution in [0.2, 0.25) is 0 Å². The van der Waals surface area contributed by atoms with Gasteiger partial charge in [0.25, 0.3) is 0 Å². The van der Waals surface area contributed by atoms with E-state index in [0.29, 0.717) is 13.0 Å². The number of nitrogens with one attached hydrogen (secondary N) is 2. The number of aliphatic carboxylic acids is 1. The first-order valence-corrected chi connectivity index (χ1v) is 5.85. The van der Waals surface area contributed by atoms with E-state index < -0.39 is 18.0 Å². The van der Waals surface area contributed by atoms with E-state index in [-0.39, 0.29) is 0 Å². The van der Waals surface area contributed by atoms with E-state index in [9.17, 15) is 9.59 Å². The minimum atomic E-state index is -1.02. The van der Waals surface area contributed by atoms with Crippen molar-refractivity contribution in [2.24, 2.45) is 0 Å². The molecule has 2 amide bonds. The van der Waals surface area contributed by atoms with E-state index in [1.807, 2.05) is 31.2 Å². The van der Waals surface area contributed by atoms with Crippen LogP contribution in [-0.4, -0.2) is 23.1 Å². The van der Waals surface area contributed by atoms with Crippen LogP contribution in [-0.2, 0) is 11.3 Å². The van der Waals surface area contributed by atoms with Gasteiger partial charge in [-0.3, -0.25) is 0 Å². The van der Waals surface area contributed by atoms with Crippen LogP contribution >= 0.6 is 0 Å². The Kier molecular flexibility index (Phi) is 5.17. The zero-order valence-electron chi connectivity index (χ0n) is 10.6. The second kappa shape index (κ2) is 6.64. The van der Waals surface area contributed by atoms with Gasteiger partial charge in [0.05, 0.1) is 0 Å². The largest absolute Gasteiger partial charge is 0.480 e. The van der Waals surface area contributed by atoms with Gasteiger partial charge in [0.15, 0.2) is 0 Å². The molecule has 0 bridgehead atoms. The highest BCUT2D eigenvalue weighted by atomic mass is 16.4. The molecule has 0 saturated heterocycles. The number of hydrogen-bond acceptors (Lipinski definition) is 2. The number of aryl methyl sites for hydroxylation is 1. The van der Waals surface area contributed by atoms with Gasteiger partial charge in [-0.15, -0.1) is 0 Å². The van der Waals surface area contributed by atoms with E-state index in [4.69, 9.17) is 5.11 Å². The van der Waals surface area contributed by atoms with E-state index >= 15 is 0 Å². The van der Waals surface area contributed by atoms with Crippen LogP contribution in [0, 0.1) is 6.92 Å². The number of benzene rings is 1. The lowest BCUT2D eigenvalue weighted by atomic mass is 10.1. The Hall–Kier alpha value is -2.04. The molecule has 0 heterocycles. The third-order valence-corrected chi connectivity index (χ3v) is 2.55. The summed E-state index contributed by atoms with van der Waals surface area (Å²) in [4.78, 5) is 22.2. The molecular weight excluding hydrogens is 232 g/mol. The molecule has 1 aromatic carbocycles. The first-order chi connectivity index (χ1) is 8.52. The fraction of sp³-hybridized carbons (Fsp3) is 0.385. The fourth-order valence-electron chi connectivity index (χ4n) is 1.55. The predicted molar refractivity (Wildman–Crippen MR) is 68.3 cm³/mol. The summed E-state index contributed by atoms with van der Waals surface area (Å²) in [6.07, 6.45) is 0.354. The highest BCUT2D eigenvalue weighted by Crippen LogP contribution is 2.03. The van der Waals surface area contributed by atoms with Gasteiger partial charge in [-0.1, -0.05) is 36.8 Å². The lowest BCUT2D eigenvalue weighted by Gasteiger charge is -2.13. The molecule has 1 atom stereocenters.